The summed E-state index contributed by atoms with van der Waals surface area (Å²) in [6, 6.07) is 10.4. The van der Waals surface area contributed by atoms with Crippen LogP contribution in [0.1, 0.15) is 39.2 Å². The van der Waals surface area contributed by atoms with Crippen LogP contribution in [0.15, 0.2) is 30.3 Å². The van der Waals surface area contributed by atoms with Crippen LogP contribution >= 0.6 is 23.2 Å². The molecule has 0 heterocycles. The molecule has 1 aromatic carbocycles. The normalized spacial score (nSPS) is 12.8. The molecule has 0 saturated carbocycles. The van der Waals surface area contributed by atoms with Gasteiger partial charge in [-0.15, -0.1) is 23.2 Å². The van der Waals surface area contributed by atoms with Gasteiger partial charge in [0.05, 0.1) is 0 Å². The second kappa shape index (κ2) is 6.11. The van der Waals surface area contributed by atoms with Gasteiger partial charge in [-0.25, -0.2) is 0 Å². The van der Waals surface area contributed by atoms with Gasteiger partial charge in [-0.3, -0.25) is 0 Å². The third-order valence-corrected chi connectivity index (χ3v) is 4.27. The van der Waals surface area contributed by atoms with Gasteiger partial charge in [-0.2, -0.15) is 0 Å². The number of rotatable bonds is 5. The molecule has 0 amide bonds. The molecule has 0 unspecified atom stereocenters. The summed E-state index contributed by atoms with van der Waals surface area (Å²) in [5.41, 5.74) is 1.49. The molecule has 96 valence electrons. The molecular formula is C15H22Cl2. The number of alkyl halides is 2. The van der Waals surface area contributed by atoms with Gasteiger partial charge >= 0.3 is 0 Å². The molecule has 0 N–H and O–H groups in total. The minimum absolute atomic E-state index is 0.0857. The predicted molar refractivity (Wildman–Crippen MR) is 78.2 cm³/mol. The molecule has 0 fully saturated rings. The second-order valence-corrected chi connectivity index (χ2v) is 6.51. The summed E-state index contributed by atoms with van der Waals surface area (Å²) >= 11 is 12.4. The highest BCUT2D eigenvalue weighted by molar-refractivity contribution is 6.22. The van der Waals surface area contributed by atoms with Gasteiger partial charge in [0.15, 0.2) is 0 Å². The molecule has 0 atom stereocenters. The standard InChI is InChI=1S/C15H22Cl2/c1-14(2,3)9-10-15(11-16,12-17)13-7-5-4-6-8-13/h4-8H,9-12H2,1-3H3. The lowest BCUT2D eigenvalue weighted by Gasteiger charge is -2.33. The van der Waals surface area contributed by atoms with Gasteiger partial charge in [-0.05, 0) is 23.8 Å². The summed E-state index contributed by atoms with van der Waals surface area (Å²) in [4.78, 5) is 0. The van der Waals surface area contributed by atoms with Crippen LogP contribution in [0.4, 0.5) is 0 Å². The maximum absolute atomic E-state index is 6.20. The summed E-state index contributed by atoms with van der Waals surface area (Å²) in [5.74, 6) is 1.16. The molecule has 0 aliphatic heterocycles. The zero-order valence-electron chi connectivity index (χ0n) is 11.0. The number of halogens is 2. The zero-order valence-corrected chi connectivity index (χ0v) is 12.5. The van der Waals surface area contributed by atoms with Crippen LogP contribution < -0.4 is 0 Å². The Kier molecular flexibility index (Phi) is 5.34. The van der Waals surface area contributed by atoms with Crippen LogP contribution in [0.25, 0.3) is 0 Å². The fourth-order valence-electron chi connectivity index (χ4n) is 1.87. The first-order chi connectivity index (χ1) is 7.93. The smallest absolute Gasteiger partial charge is 0.0332 e. The monoisotopic (exact) mass is 272 g/mol. The quantitative estimate of drug-likeness (QED) is 0.644. The summed E-state index contributed by atoms with van der Waals surface area (Å²) < 4.78 is 0. The number of hydrogen-bond acceptors (Lipinski definition) is 0. The van der Waals surface area contributed by atoms with Crippen LogP contribution in [0.2, 0.25) is 0 Å². The zero-order chi connectivity index (χ0) is 12.9. The molecule has 0 saturated heterocycles. The van der Waals surface area contributed by atoms with Crippen molar-refractivity contribution in [2.45, 2.75) is 39.0 Å². The summed E-state index contributed by atoms with van der Waals surface area (Å²) in [7, 11) is 0. The molecule has 0 aliphatic rings. The van der Waals surface area contributed by atoms with Crippen molar-refractivity contribution < 1.29 is 0 Å². The highest BCUT2D eigenvalue weighted by atomic mass is 35.5. The van der Waals surface area contributed by atoms with Crippen molar-refractivity contribution in [1.29, 1.82) is 0 Å². The minimum atomic E-state index is -0.0857. The first-order valence-electron chi connectivity index (χ1n) is 6.11. The third-order valence-electron chi connectivity index (χ3n) is 3.25. The van der Waals surface area contributed by atoms with Crippen LogP contribution in [-0.2, 0) is 5.41 Å². The minimum Gasteiger partial charge on any atom is -0.126 e. The number of benzene rings is 1. The third kappa shape index (κ3) is 4.19. The van der Waals surface area contributed by atoms with Gasteiger partial charge < -0.3 is 0 Å². The van der Waals surface area contributed by atoms with E-state index in [0.29, 0.717) is 17.2 Å². The summed E-state index contributed by atoms with van der Waals surface area (Å²) in [6.45, 7) is 6.77. The SMILES string of the molecule is CC(C)(C)CCC(CCl)(CCl)c1ccccc1. The molecule has 0 spiro atoms. The second-order valence-electron chi connectivity index (χ2n) is 5.97. The molecule has 1 aromatic rings. The van der Waals surface area contributed by atoms with Gasteiger partial charge in [0.25, 0.3) is 0 Å². The van der Waals surface area contributed by atoms with E-state index < -0.39 is 0 Å². The Morgan fingerprint density at radius 3 is 1.82 bits per heavy atom. The van der Waals surface area contributed by atoms with Gasteiger partial charge in [-0.1, -0.05) is 51.1 Å². The Labute approximate surface area is 115 Å². The molecular weight excluding hydrogens is 251 g/mol. The molecule has 0 radical (unpaired) electrons. The largest absolute Gasteiger partial charge is 0.126 e. The van der Waals surface area contributed by atoms with Gasteiger partial charge in [0.1, 0.15) is 0 Å². The Hall–Kier alpha value is -0.200. The van der Waals surface area contributed by atoms with E-state index >= 15 is 0 Å². The lowest BCUT2D eigenvalue weighted by atomic mass is 9.75. The number of hydrogen-bond donors (Lipinski definition) is 0. The first kappa shape index (κ1) is 14.9. The Balaban J connectivity index is 2.90. The molecule has 17 heavy (non-hydrogen) atoms. The maximum atomic E-state index is 6.20. The van der Waals surface area contributed by atoms with Crippen molar-refractivity contribution in [3.63, 3.8) is 0 Å². The van der Waals surface area contributed by atoms with E-state index in [-0.39, 0.29) is 5.41 Å². The van der Waals surface area contributed by atoms with Crippen molar-refractivity contribution in [1.82, 2.24) is 0 Å². The lowest BCUT2D eigenvalue weighted by molar-refractivity contribution is 0.318. The lowest BCUT2D eigenvalue weighted by Crippen LogP contribution is -2.32. The van der Waals surface area contributed by atoms with E-state index in [9.17, 15) is 0 Å². The van der Waals surface area contributed by atoms with E-state index in [4.69, 9.17) is 23.2 Å². The highest BCUT2D eigenvalue weighted by Crippen LogP contribution is 2.36. The van der Waals surface area contributed by atoms with Crippen molar-refractivity contribution in [3.05, 3.63) is 35.9 Å². The van der Waals surface area contributed by atoms with Crippen molar-refractivity contribution >= 4 is 23.2 Å². The Morgan fingerprint density at radius 1 is 0.882 bits per heavy atom. The molecule has 2 heteroatoms. The maximum Gasteiger partial charge on any atom is 0.0332 e. The molecule has 0 nitrogen and oxygen atoms in total. The van der Waals surface area contributed by atoms with E-state index in [1.54, 1.807) is 0 Å². The Morgan fingerprint density at radius 2 is 1.41 bits per heavy atom. The van der Waals surface area contributed by atoms with Gasteiger partial charge in [0, 0.05) is 17.2 Å². The molecule has 1 rings (SSSR count). The average Bonchev–Trinajstić information content (AvgIpc) is 2.31. The molecule has 0 bridgehead atoms. The summed E-state index contributed by atoms with van der Waals surface area (Å²) in [5, 5.41) is 0. The van der Waals surface area contributed by atoms with Gasteiger partial charge in [0.2, 0.25) is 0 Å². The predicted octanol–water partition coefficient (Wildman–Crippen LogP) is 5.23. The van der Waals surface area contributed by atoms with Crippen LogP contribution in [-0.4, -0.2) is 11.8 Å². The van der Waals surface area contributed by atoms with Crippen LogP contribution in [0.3, 0.4) is 0 Å². The average molecular weight is 273 g/mol. The summed E-state index contributed by atoms with van der Waals surface area (Å²) in [6.07, 6.45) is 2.16. The van der Waals surface area contributed by atoms with Crippen molar-refractivity contribution in [2.24, 2.45) is 5.41 Å². The van der Waals surface area contributed by atoms with Crippen LogP contribution in [0, 0.1) is 5.41 Å². The van der Waals surface area contributed by atoms with E-state index in [1.165, 1.54) is 5.56 Å². The highest BCUT2D eigenvalue weighted by Gasteiger charge is 2.31. The van der Waals surface area contributed by atoms with E-state index in [2.05, 4.69) is 45.0 Å². The molecule has 0 aliphatic carbocycles. The van der Waals surface area contributed by atoms with E-state index in [0.717, 1.165) is 12.8 Å². The topological polar surface area (TPSA) is 0 Å². The van der Waals surface area contributed by atoms with Crippen molar-refractivity contribution in [3.8, 4) is 0 Å². The Bertz CT molecular complexity index is 321. The van der Waals surface area contributed by atoms with Crippen molar-refractivity contribution in [2.75, 3.05) is 11.8 Å². The first-order valence-corrected chi connectivity index (χ1v) is 7.18. The fourth-order valence-corrected chi connectivity index (χ4v) is 2.74. The van der Waals surface area contributed by atoms with Crippen LogP contribution in [0.5, 0.6) is 0 Å². The fraction of sp³-hybridized carbons (Fsp3) is 0.600. The van der Waals surface area contributed by atoms with E-state index in [1.807, 2.05) is 6.07 Å². The molecule has 0 aromatic heterocycles.